The van der Waals surface area contributed by atoms with Crippen LogP contribution in [-0.2, 0) is 0 Å². The van der Waals surface area contributed by atoms with Crippen LogP contribution in [0.1, 0.15) is 0 Å². The number of fused-ring (bicyclic) bond motifs is 6. The van der Waals surface area contributed by atoms with Crippen molar-refractivity contribution in [1.82, 2.24) is 9.55 Å². The van der Waals surface area contributed by atoms with Crippen molar-refractivity contribution in [3.63, 3.8) is 0 Å². The van der Waals surface area contributed by atoms with Gasteiger partial charge >= 0.3 is 0 Å². The first-order valence-corrected chi connectivity index (χ1v) is 19.3. The van der Waals surface area contributed by atoms with E-state index >= 15 is 0 Å². The third-order valence-corrected chi connectivity index (χ3v) is 11.0. The number of nitrogens with zero attached hydrogens (tertiary/aromatic N) is 3. The summed E-state index contributed by atoms with van der Waals surface area (Å²) in [4.78, 5) is 7.69. The van der Waals surface area contributed by atoms with E-state index in [1.165, 1.54) is 0 Å². The largest absolute Gasteiger partial charge is 0.454 e. The molecular formula is C53H35N3O. The van der Waals surface area contributed by atoms with Gasteiger partial charge in [0.2, 0.25) is 0 Å². The number of hydrogen-bond acceptors (Lipinski definition) is 3. The van der Waals surface area contributed by atoms with Crippen molar-refractivity contribution in [1.29, 1.82) is 0 Å². The summed E-state index contributed by atoms with van der Waals surface area (Å²) < 4.78 is 9.08. The molecule has 0 fully saturated rings. The Hall–Kier alpha value is -7.69. The molecule has 0 aliphatic heterocycles. The normalized spacial score (nSPS) is 11.5. The van der Waals surface area contributed by atoms with Crippen LogP contribution in [0.25, 0.3) is 83.1 Å². The van der Waals surface area contributed by atoms with Gasteiger partial charge in [0, 0.05) is 44.0 Å². The Morgan fingerprint density at radius 3 is 1.79 bits per heavy atom. The molecule has 0 saturated heterocycles. The number of aromatic nitrogens is 2. The molecule has 0 saturated carbocycles. The molecule has 0 unspecified atom stereocenters. The molecule has 0 aliphatic rings. The molecule has 3 aromatic heterocycles. The molecule has 11 aromatic rings. The maximum absolute atomic E-state index is 6.70. The Labute approximate surface area is 330 Å². The summed E-state index contributed by atoms with van der Waals surface area (Å²) in [6, 6.07) is 74.9. The van der Waals surface area contributed by atoms with Gasteiger partial charge in [-0.2, -0.15) is 0 Å². The molecule has 268 valence electrons. The van der Waals surface area contributed by atoms with E-state index in [0.29, 0.717) is 0 Å². The number of anilines is 3. The van der Waals surface area contributed by atoms with Gasteiger partial charge in [0.05, 0.1) is 33.8 Å². The Kier molecular flexibility index (Phi) is 7.78. The lowest BCUT2D eigenvalue weighted by Crippen LogP contribution is -2.10. The third kappa shape index (κ3) is 5.58. The lowest BCUT2D eigenvalue weighted by molar-refractivity contribution is 0.669. The molecule has 0 amide bonds. The highest BCUT2D eigenvalue weighted by atomic mass is 16.3. The van der Waals surface area contributed by atoms with Gasteiger partial charge in [-0.1, -0.05) is 140 Å². The van der Waals surface area contributed by atoms with E-state index in [-0.39, 0.29) is 0 Å². The van der Waals surface area contributed by atoms with Crippen molar-refractivity contribution >= 4 is 60.8 Å². The smallest absolute Gasteiger partial charge is 0.159 e. The summed E-state index contributed by atoms with van der Waals surface area (Å²) in [6.45, 7) is 0. The van der Waals surface area contributed by atoms with Crippen LogP contribution in [0.15, 0.2) is 217 Å². The second-order valence-electron chi connectivity index (χ2n) is 14.4. The quantitative estimate of drug-likeness (QED) is 0.164. The van der Waals surface area contributed by atoms with Crippen molar-refractivity contribution in [3.05, 3.63) is 212 Å². The van der Waals surface area contributed by atoms with E-state index < -0.39 is 0 Å². The number of furan rings is 1. The minimum absolute atomic E-state index is 0.849. The topological polar surface area (TPSA) is 34.2 Å². The summed E-state index contributed by atoms with van der Waals surface area (Å²) in [6.07, 6.45) is 0. The van der Waals surface area contributed by atoms with E-state index in [1.54, 1.807) is 0 Å². The van der Waals surface area contributed by atoms with E-state index in [9.17, 15) is 0 Å². The highest BCUT2D eigenvalue weighted by molar-refractivity contribution is 6.19. The van der Waals surface area contributed by atoms with Crippen LogP contribution in [0.2, 0.25) is 0 Å². The Bertz CT molecular complexity index is 3170. The van der Waals surface area contributed by atoms with Crippen LogP contribution in [-0.4, -0.2) is 9.55 Å². The molecule has 0 N–H and O–H groups in total. The van der Waals surface area contributed by atoms with Crippen molar-refractivity contribution in [2.75, 3.05) is 4.90 Å². The van der Waals surface area contributed by atoms with Crippen molar-refractivity contribution in [2.45, 2.75) is 0 Å². The molecule has 11 rings (SSSR count). The average molecular weight is 730 g/mol. The fourth-order valence-corrected chi connectivity index (χ4v) is 8.38. The average Bonchev–Trinajstić information content (AvgIpc) is 3.84. The van der Waals surface area contributed by atoms with E-state index in [4.69, 9.17) is 9.40 Å². The lowest BCUT2D eigenvalue weighted by atomic mass is 9.99. The van der Waals surface area contributed by atoms with Crippen LogP contribution >= 0.6 is 0 Å². The summed E-state index contributed by atoms with van der Waals surface area (Å²) in [7, 11) is 0. The number of rotatable bonds is 7. The number of para-hydroxylation sites is 4. The Balaban J connectivity index is 1.21. The molecule has 0 aliphatic carbocycles. The van der Waals surface area contributed by atoms with Crippen molar-refractivity contribution in [3.8, 4) is 39.3 Å². The minimum atomic E-state index is 0.849. The second kappa shape index (κ2) is 13.6. The predicted octanol–water partition coefficient (Wildman–Crippen LogP) is 14.5. The predicted molar refractivity (Wildman–Crippen MR) is 237 cm³/mol. The highest BCUT2D eigenvalue weighted by Crippen LogP contribution is 2.47. The zero-order valence-corrected chi connectivity index (χ0v) is 31.0. The number of benzene rings is 8. The molecule has 8 aromatic carbocycles. The van der Waals surface area contributed by atoms with E-state index in [2.05, 4.69) is 204 Å². The molecule has 4 heteroatoms. The van der Waals surface area contributed by atoms with Crippen LogP contribution < -0.4 is 4.90 Å². The van der Waals surface area contributed by atoms with Gasteiger partial charge < -0.3 is 13.9 Å². The van der Waals surface area contributed by atoms with Crippen LogP contribution in [0, 0.1) is 0 Å². The molecule has 3 heterocycles. The SMILES string of the molecule is c1ccc(-c2cc(-c3ccccc3)nc(-c3ccc4c(c3)c3c(N(c5ccccc5)c5cccc6c5oc5ccccc56)cccc3n4-c3ccccc3)c2)cc1. The van der Waals surface area contributed by atoms with E-state index in [0.717, 1.165) is 100 Å². The van der Waals surface area contributed by atoms with Crippen molar-refractivity contribution < 1.29 is 4.42 Å². The Morgan fingerprint density at radius 1 is 0.404 bits per heavy atom. The zero-order valence-electron chi connectivity index (χ0n) is 31.0. The molecule has 0 bridgehead atoms. The summed E-state index contributed by atoms with van der Waals surface area (Å²) in [5.74, 6) is 0. The monoisotopic (exact) mass is 729 g/mol. The summed E-state index contributed by atoms with van der Waals surface area (Å²) >= 11 is 0. The maximum Gasteiger partial charge on any atom is 0.159 e. The van der Waals surface area contributed by atoms with Gasteiger partial charge in [-0.3, -0.25) is 0 Å². The fourth-order valence-electron chi connectivity index (χ4n) is 8.38. The molecule has 4 nitrogen and oxygen atoms in total. The van der Waals surface area contributed by atoms with Crippen molar-refractivity contribution in [2.24, 2.45) is 0 Å². The maximum atomic E-state index is 6.70. The molecule has 0 radical (unpaired) electrons. The van der Waals surface area contributed by atoms with Gasteiger partial charge in [0.25, 0.3) is 0 Å². The second-order valence-corrected chi connectivity index (χ2v) is 14.4. The third-order valence-electron chi connectivity index (χ3n) is 11.0. The summed E-state index contributed by atoms with van der Waals surface area (Å²) in [5.41, 5.74) is 14.4. The van der Waals surface area contributed by atoms with Crippen LogP contribution in [0.3, 0.4) is 0 Å². The zero-order chi connectivity index (χ0) is 37.7. The van der Waals surface area contributed by atoms with Gasteiger partial charge in [-0.25, -0.2) is 4.98 Å². The van der Waals surface area contributed by atoms with Gasteiger partial charge in [-0.15, -0.1) is 0 Å². The Morgan fingerprint density at radius 2 is 1.02 bits per heavy atom. The molecule has 0 atom stereocenters. The van der Waals surface area contributed by atoms with Gasteiger partial charge in [0.15, 0.2) is 5.58 Å². The fraction of sp³-hybridized carbons (Fsp3) is 0. The first-order chi connectivity index (χ1) is 28.3. The first-order valence-electron chi connectivity index (χ1n) is 19.3. The summed E-state index contributed by atoms with van der Waals surface area (Å²) in [5, 5.41) is 4.46. The van der Waals surface area contributed by atoms with Gasteiger partial charge in [0.1, 0.15) is 5.58 Å². The number of hydrogen-bond donors (Lipinski definition) is 0. The molecule has 0 spiro atoms. The van der Waals surface area contributed by atoms with E-state index in [1.807, 2.05) is 18.2 Å². The van der Waals surface area contributed by atoms with Crippen LogP contribution in [0.5, 0.6) is 0 Å². The van der Waals surface area contributed by atoms with Gasteiger partial charge in [-0.05, 0) is 83.9 Å². The first kappa shape index (κ1) is 32.7. The minimum Gasteiger partial charge on any atom is -0.454 e. The molecule has 57 heavy (non-hydrogen) atoms. The lowest BCUT2D eigenvalue weighted by Gasteiger charge is -2.26. The standard InChI is InChI=1S/C53H35N3O/c1-5-17-36(18-6-1)39-34-45(37-19-7-2-8-20-37)54-46(35-39)38-31-32-47-44(33-38)52-48(55(47)40-21-9-3-10-22-40)27-16-28-49(52)56(41-23-11-4-12-24-41)50-29-15-26-43-42-25-13-14-30-51(42)57-53(43)50/h1-35H. The number of pyridine rings is 1. The molecular weight excluding hydrogens is 695 g/mol. The highest BCUT2D eigenvalue weighted by Gasteiger charge is 2.24. The van der Waals surface area contributed by atoms with Crippen LogP contribution in [0.4, 0.5) is 17.1 Å².